The summed E-state index contributed by atoms with van der Waals surface area (Å²) in [5, 5.41) is 0. The summed E-state index contributed by atoms with van der Waals surface area (Å²) in [5.41, 5.74) is 2.68. The van der Waals surface area contributed by atoms with Gasteiger partial charge in [-0.1, -0.05) is 24.6 Å². The summed E-state index contributed by atoms with van der Waals surface area (Å²) in [6.07, 6.45) is 1.26. The maximum atomic E-state index is 12.1. The number of ketones is 1. The lowest BCUT2D eigenvalue weighted by atomic mass is 10.1. The molecule has 0 heterocycles. The first kappa shape index (κ1) is 11.8. The number of hydrogen-bond donors (Lipinski definition) is 0. The highest BCUT2D eigenvalue weighted by molar-refractivity contribution is 6.12. The van der Waals surface area contributed by atoms with Crippen LogP contribution in [-0.4, -0.2) is 18.4 Å². The van der Waals surface area contributed by atoms with Crippen LogP contribution in [0, 0.1) is 12.8 Å². The first-order valence-electron chi connectivity index (χ1n) is 5.94. The van der Waals surface area contributed by atoms with E-state index >= 15 is 0 Å². The predicted molar refractivity (Wildman–Crippen MR) is 64.0 cm³/mol. The first-order valence-corrected chi connectivity index (χ1v) is 5.94. The summed E-state index contributed by atoms with van der Waals surface area (Å²) in [7, 11) is 0. The number of esters is 1. The number of hydrogen-bond acceptors (Lipinski definition) is 3. The van der Waals surface area contributed by atoms with E-state index in [-0.39, 0.29) is 11.8 Å². The molecule has 1 aliphatic rings. The number of rotatable bonds is 3. The molecule has 1 aromatic rings. The molecule has 17 heavy (non-hydrogen) atoms. The van der Waals surface area contributed by atoms with Gasteiger partial charge in [0.05, 0.1) is 6.61 Å². The van der Waals surface area contributed by atoms with E-state index in [0.717, 1.165) is 17.5 Å². The molecule has 0 aliphatic heterocycles. The fraction of sp³-hybridized carbons (Fsp3) is 0.429. The maximum Gasteiger partial charge on any atom is 0.317 e. The van der Waals surface area contributed by atoms with Crippen molar-refractivity contribution in [3.8, 4) is 0 Å². The molecule has 1 unspecified atom stereocenters. The zero-order valence-corrected chi connectivity index (χ0v) is 10.2. The highest BCUT2D eigenvalue weighted by Crippen LogP contribution is 2.28. The van der Waals surface area contributed by atoms with Gasteiger partial charge in [0, 0.05) is 5.56 Å². The van der Waals surface area contributed by atoms with Gasteiger partial charge in [0.1, 0.15) is 5.92 Å². The van der Waals surface area contributed by atoms with Crippen molar-refractivity contribution in [3.63, 3.8) is 0 Å². The number of aryl methyl sites for hydroxylation is 1. The van der Waals surface area contributed by atoms with E-state index in [9.17, 15) is 9.59 Å². The third-order valence-electron chi connectivity index (χ3n) is 3.00. The molecule has 0 amide bonds. The third kappa shape index (κ3) is 2.23. The molecule has 1 atom stereocenters. The van der Waals surface area contributed by atoms with Crippen molar-refractivity contribution in [2.24, 2.45) is 5.92 Å². The molecule has 1 aromatic carbocycles. The first-order chi connectivity index (χ1) is 8.13. The lowest BCUT2D eigenvalue weighted by molar-refractivity contribution is -0.146. The smallest absolute Gasteiger partial charge is 0.317 e. The van der Waals surface area contributed by atoms with Crippen molar-refractivity contribution in [1.29, 1.82) is 0 Å². The normalized spacial score (nSPS) is 18.0. The summed E-state index contributed by atoms with van der Waals surface area (Å²) < 4.78 is 5.05. The molecular formula is C14H16O3. The van der Waals surface area contributed by atoms with Crippen molar-refractivity contribution in [2.45, 2.75) is 26.7 Å². The number of carbonyl (C=O) groups is 2. The Morgan fingerprint density at radius 3 is 2.94 bits per heavy atom. The molecule has 0 saturated carbocycles. The van der Waals surface area contributed by atoms with Gasteiger partial charge in [-0.3, -0.25) is 9.59 Å². The van der Waals surface area contributed by atoms with Crippen LogP contribution in [0.5, 0.6) is 0 Å². The van der Waals surface area contributed by atoms with E-state index in [4.69, 9.17) is 4.74 Å². The average molecular weight is 232 g/mol. The van der Waals surface area contributed by atoms with Crippen molar-refractivity contribution in [2.75, 3.05) is 6.61 Å². The molecule has 90 valence electrons. The quantitative estimate of drug-likeness (QED) is 0.593. The van der Waals surface area contributed by atoms with Crippen LogP contribution in [0.4, 0.5) is 0 Å². The molecule has 3 nitrogen and oxygen atoms in total. The average Bonchev–Trinajstić information content (AvgIpc) is 2.64. The molecule has 0 saturated heterocycles. The number of benzene rings is 1. The SMILES string of the molecule is CCCOC(=O)C1Cc2ccc(C)cc2C1=O. The Bertz CT molecular complexity index is 463. The van der Waals surface area contributed by atoms with Crippen LogP contribution < -0.4 is 0 Å². The van der Waals surface area contributed by atoms with E-state index < -0.39 is 5.92 Å². The fourth-order valence-electron chi connectivity index (χ4n) is 2.09. The van der Waals surface area contributed by atoms with Crippen LogP contribution in [0.25, 0.3) is 0 Å². The maximum absolute atomic E-state index is 12.1. The van der Waals surface area contributed by atoms with Gasteiger partial charge in [0.15, 0.2) is 5.78 Å². The molecule has 3 heteroatoms. The highest BCUT2D eigenvalue weighted by atomic mass is 16.5. The summed E-state index contributed by atoms with van der Waals surface area (Å²) in [5.74, 6) is -1.10. The Morgan fingerprint density at radius 2 is 2.24 bits per heavy atom. The second-order valence-corrected chi connectivity index (χ2v) is 4.45. The molecule has 2 rings (SSSR count). The fourth-order valence-corrected chi connectivity index (χ4v) is 2.09. The largest absolute Gasteiger partial charge is 0.465 e. The minimum absolute atomic E-state index is 0.0928. The summed E-state index contributed by atoms with van der Waals surface area (Å²) in [6, 6.07) is 5.74. The molecular weight excluding hydrogens is 216 g/mol. The Kier molecular flexibility index (Phi) is 3.27. The standard InChI is InChI=1S/C14H16O3/c1-3-6-17-14(16)12-8-10-5-4-9(2)7-11(10)13(12)15/h4-5,7,12H,3,6,8H2,1-2H3. The zero-order valence-electron chi connectivity index (χ0n) is 10.2. The van der Waals surface area contributed by atoms with E-state index in [1.165, 1.54) is 0 Å². The molecule has 0 bridgehead atoms. The Balaban J connectivity index is 2.17. The predicted octanol–water partition coefficient (Wildman–Crippen LogP) is 2.30. The molecule has 0 aromatic heterocycles. The lowest BCUT2D eigenvalue weighted by Gasteiger charge is -2.07. The Labute approximate surface area is 101 Å². The van der Waals surface area contributed by atoms with Gasteiger partial charge in [0.2, 0.25) is 0 Å². The number of carbonyl (C=O) groups excluding carboxylic acids is 2. The molecule has 0 radical (unpaired) electrons. The van der Waals surface area contributed by atoms with Gasteiger partial charge in [-0.25, -0.2) is 0 Å². The molecule has 0 fully saturated rings. The second-order valence-electron chi connectivity index (χ2n) is 4.45. The van der Waals surface area contributed by atoms with Crippen LogP contribution in [0.15, 0.2) is 18.2 Å². The van der Waals surface area contributed by atoms with Gasteiger partial charge in [0.25, 0.3) is 0 Å². The number of fused-ring (bicyclic) bond motifs is 1. The van der Waals surface area contributed by atoms with Gasteiger partial charge < -0.3 is 4.74 Å². The third-order valence-corrected chi connectivity index (χ3v) is 3.00. The van der Waals surface area contributed by atoms with Gasteiger partial charge in [-0.05, 0) is 31.4 Å². The van der Waals surface area contributed by atoms with E-state index in [2.05, 4.69) is 0 Å². The number of ether oxygens (including phenoxy) is 1. The van der Waals surface area contributed by atoms with Crippen LogP contribution in [0.3, 0.4) is 0 Å². The summed E-state index contributed by atoms with van der Waals surface area (Å²) >= 11 is 0. The Morgan fingerprint density at radius 1 is 1.47 bits per heavy atom. The van der Waals surface area contributed by atoms with Crippen molar-refractivity contribution < 1.29 is 14.3 Å². The van der Waals surface area contributed by atoms with Crippen LogP contribution in [0.1, 0.15) is 34.8 Å². The van der Waals surface area contributed by atoms with Crippen LogP contribution >= 0.6 is 0 Å². The van der Waals surface area contributed by atoms with Gasteiger partial charge in [-0.2, -0.15) is 0 Å². The molecule has 0 spiro atoms. The van der Waals surface area contributed by atoms with Crippen LogP contribution in [0.2, 0.25) is 0 Å². The highest BCUT2D eigenvalue weighted by Gasteiger charge is 2.36. The minimum atomic E-state index is -0.627. The second kappa shape index (κ2) is 4.70. The lowest BCUT2D eigenvalue weighted by Crippen LogP contribution is -2.23. The van der Waals surface area contributed by atoms with Gasteiger partial charge >= 0.3 is 5.97 Å². The van der Waals surface area contributed by atoms with E-state index in [1.54, 1.807) is 0 Å². The monoisotopic (exact) mass is 232 g/mol. The molecule has 0 N–H and O–H groups in total. The van der Waals surface area contributed by atoms with Crippen molar-refractivity contribution in [3.05, 3.63) is 34.9 Å². The van der Waals surface area contributed by atoms with Gasteiger partial charge in [-0.15, -0.1) is 0 Å². The Hall–Kier alpha value is -1.64. The van der Waals surface area contributed by atoms with Crippen molar-refractivity contribution in [1.82, 2.24) is 0 Å². The van der Waals surface area contributed by atoms with E-state index in [1.807, 2.05) is 32.0 Å². The zero-order chi connectivity index (χ0) is 12.4. The summed E-state index contributed by atoms with van der Waals surface area (Å²) in [4.78, 5) is 23.8. The number of Topliss-reactive ketones (excluding diaryl/α,β-unsaturated/α-hetero) is 1. The minimum Gasteiger partial charge on any atom is -0.465 e. The van der Waals surface area contributed by atoms with E-state index in [0.29, 0.717) is 18.6 Å². The molecule has 1 aliphatic carbocycles. The van der Waals surface area contributed by atoms with Crippen molar-refractivity contribution >= 4 is 11.8 Å². The summed E-state index contributed by atoms with van der Waals surface area (Å²) in [6.45, 7) is 4.26. The van der Waals surface area contributed by atoms with Crippen LogP contribution in [-0.2, 0) is 16.0 Å². The topological polar surface area (TPSA) is 43.4 Å².